The van der Waals surface area contributed by atoms with E-state index < -0.39 is 0 Å². The molecule has 0 unspecified atom stereocenters. The fraction of sp³-hybridized carbons (Fsp3) is 0.500. The zero-order valence-electron chi connectivity index (χ0n) is 10.6. The maximum absolute atomic E-state index is 6.63. The number of hydrogen-bond acceptors (Lipinski definition) is 0. The second-order valence-electron chi connectivity index (χ2n) is 5.31. The van der Waals surface area contributed by atoms with Gasteiger partial charge in [0.25, 0.3) is 0 Å². The molecule has 0 spiro atoms. The molecule has 0 amide bonds. The van der Waals surface area contributed by atoms with Crippen LogP contribution in [0.15, 0.2) is 41.5 Å². The average Bonchev–Trinajstić information content (AvgIpc) is 2.41. The van der Waals surface area contributed by atoms with Crippen LogP contribution in [0.2, 0.25) is 4.82 Å². The molecule has 1 aromatic carbocycles. The van der Waals surface area contributed by atoms with Gasteiger partial charge < -0.3 is 0 Å². The van der Waals surface area contributed by atoms with Crippen molar-refractivity contribution in [3.05, 3.63) is 41.5 Å². The summed E-state index contributed by atoms with van der Waals surface area (Å²) in [6.07, 6.45) is 7.90. The molecule has 1 aromatic rings. The topological polar surface area (TPSA) is 0 Å². The Morgan fingerprint density at radius 1 is 0.944 bits per heavy atom. The molecule has 3 rings (SSSR count). The van der Waals surface area contributed by atoms with Gasteiger partial charge in [-0.15, -0.1) is 0 Å². The summed E-state index contributed by atoms with van der Waals surface area (Å²) in [5, 5.41) is 0.377. The van der Waals surface area contributed by atoms with E-state index >= 15 is 0 Å². The molecule has 2 aliphatic carbocycles. The van der Waals surface area contributed by atoms with Crippen LogP contribution >= 0.6 is 11.6 Å². The van der Waals surface area contributed by atoms with Crippen molar-refractivity contribution in [1.29, 1.82) is 0 Å². The third-order valence-electron chi connectivity index (χ3n) is 4.03. The summed E-state index contributed by atoms with van der Waals surface area (Å²) in [6.45, 7) is 0. The first-order valence-electron chi connectivity index (χ1n) is 6.88. The van der Waals surface area contributed by atoms with E-state index in [9.17, 15) is 0 Å². The molecule has 0 saturated heterocycles. The Balaban J connectivity index is 1.72. The molecule has 0 heterocycles. The van der Waals surface area contributed by atoms with E-state index in [2.05, 4.69) is 30.3 Å². The molecular weight excluding hydrogens is 307 g/mol. The summed E-state index contributed by atoms with van der Waals surface area (Å²) in [5.74, 6) is 0. The molecule has 0 bridgehead atoms. The molecule has 0 radical (unpaired) electrons. The molecule has 2 atom stereocenters. The second-order valence-corrected chi connectivity index (χ2v) is 8.62. The zero-order chi connectivity index (χ0) is 12.4. The van der Waals surface area contributed by atoms with Crippen LogP contribution in [0.3, 0.4) is 0 Å². The van der Waals surface area contributed by atoms with E-state index in [-0.39, 0.29) is 0 Å². The predicted octanol–water partition coefficient (Wildman–Crippen LogP) is 4.08. The first-order valence-corrected chi connectivity index (χ1v) is 9.16. The van der Waals surface area contributed by atoms with Gasteiger partial charge in [-0.1, -0.05) is 0 Å². The van der Waals surface area contributed by atoms with E-state index in [0.717, 1.165) is 6.42 Å². The van der Waals surface area contributed by atoms with Gasteiger partial charge >= 0.3 is 121 Å². The van der Waals surface area contributed by atoms with Crippen molar-refractivity contribution in [3.8, 4) is 0 Å². The Labute approximate surface area is 121 Å². The van der Waals surface area contributed by atoms with Gasteiger partial charge in [-0.05, 0) is 0 Å². The third-order valence-corrected chi connectivity index (χ3v) is 7.64. The molecule has 0 fully saturated rings. The SMILES string of the molecule is Cl[C@H]1CC2=C(CCCC2)C[C@@H]1[Se]c1ccccc1. The van der Waals surface area contributed by atoms with Crippen LogP contribution in [0.1, 0.15) is 38.5 Å². The standard InChI is InChI=1S/C16H19ClSe/c17-15-10-12-6-4-5-7-13(12)11-16(15)18-14-8-2-1-3-9-14/h1-3,8-9,15-16H,4-7,10-11H2/t15-,16-/m0/s1. The van der Waals surface area contributed by atoms with E-state index in [1.165, 1.54) is 36.6 Å². The molecule has 2 heteroatoms. The van der Waals surface area contributed by atoms with Crippen LogP contribution in [0, 0.1) is 0 Å². The molecule has 96 valence electrons. The van der Waals surface area contributed by atoms with Crippen LogP contribution in [-0.4, -0.2) is 20.3 Å². The molecule has 18 heavy (non-hydrogen) atoms. The normalized spacial score (nSPS) is 28.1. The van der Waals surface area contributed by atoms with Crippen LogP contribution < -0.4 is 4.46 Å². The van der Waals surface area contributed by atoms with Gasteiger partial charge in [-0.25, -0.2) is 0 Å². The first kappa shape index (κ1) is 12.8. The molecule has 0 aromatic heterocycles. The van der Waals surface area contributed by atoms with Crippen molar-refractivity contribution in [2.45, 2.75) is 48.7 Å². The third kappa shape index (κ3) is 2.85. The van der Waals surface area contributed by atoms with Crippen LogP contribution in [0.25, 0.3) is 0 Å². The Morgan fingerprint density at radius 3 is 2.33 bits per heavy atom. The fourth-order valence-corrected chi connectivity index (χ4v) is 6.09. The summed E-state index contributed by atoms with van der Waals surface area (Å²) in [7, 11) is 0. The average molecular weight is 326 g/mol. The Bertz CT molecular complexity index is 438. The van der Waals surface area contributed by atoms with Crippen molar-refractivity contribution in [2.24, 2.45) is 0 Å². The summed E-state index contributed by atoms with van der Waals surface area (Å²) < 4.78 is 1.50. The second kappa shape index (κ2) is 5.82. The Morgan fingerprint density at radius 2 is 1.61 bits per heavy atom. The number of alkyl halides is 1. The quantitative estimate of drug-likeness (QED) is 0.437. The van der Waals surface area contributed by atoms with E-state index in [1.54, 1.807) is 11.1 Å². The molecule has 0 N–H and O–H groups in total. The van der Waals surface area contributed by atoms with E-state index in [4.69, 9.17) is 11.6 Å². The Kier molecular flexibility index (Phi) is 4.13. The molecule has 0 aliphatic heterocycles. The molecule has 2 aliphatic rings. The molecule has 0 saturated carbocycles. The number of allylic oxidation sites excluding steroid dienone is 2. The minimum atomic E-state index is 0.377. The van der Waals surface area contributed by atoms with Gasteiger partial charge in [0.15, 0.2) is 0 Å². The number of halogens is 1. The molecule has 0 nitrogen and oxygen atoms in total. The maximum atomic E-state index is 6.63. The van der Waals surface area contributed by atoms with Gasteiger partial charge in [0.2, 0.25) is 0 Å². The van der Waals surface area contributed by atoms with Gasteiger partial charge in [-0.2, -0.15) is 0 Å². The van der Waals surface area contributed by atoms with Gasteiger partial charge in [0.05, 0.1) is 0 Å². The molecular formula is C16H19ClSe. The van der Waals surface area contributed by atoms with E-state index in [0.29, 0.717) is 25.2 Å². The number of rotatable bonds is 2. The minimum absolute atomic E-state index is 0.377. The van der Waals surface area contributed by atoms with Gasteiger partial charge in [0, 0.05) is 0 Å². The summed E-state index contributed by atoms with van der Waals surface area (Å²) in [6, 6.07) is 10.9. The van der Waals surface area contributed by atoms with Crippen LogP contribution in [0.5, 0.6) is 0 Å². The fourth-order valence-electron chi connectivity index (χ4n) is 3.05. The van der Waals surface area contributed by atoms with Crippen molar-refractivity contribution in [1.82, 2.24) is 0 Å². The summed E-state index contributed by atoms with van der Waals surface area (Å²) >= 11 is 7.17. The summed E-state index contributed by atoms with van der Waals surface area (Å²) in [4.78, 5) is 0.707. The van der Waals surface area contributed by atoms with Crippen LogP contribution in [-0.2, 0) is 0 Å². The van der Waals surface area contributed by atoms with Crippen molar-refractivity contribution >= 4 is 31.0 Å². The monoisotopic (exact) mass is 326 g/mol. The Hall–Kier alpha value is -0.231. The number of hydrogen-bond donors (Lipinski definition) is 0. The van der Waals surface area contributed by atoms with Gasteiger partial charge in [0.1, 0.15) is 0 Å². The van der Waals surface area contributed by atoms with Crippen LogP contribution in [0.4, 0.5) is 0 Å². The zero-order valence-corrected chi connectivity index (χ0v) is 13.0. The number of benzene rings is 1. The first-order chi connectivity index (χ1) is 8.83. The van der Waals surface area contributed by atoms with Crippen molar-refractivity contribution in [3.63, 3.8) is 0 Å². The van der Waals surface area contributed by atoms with E-state index in [1.807, 2.05) is 0 Å². The van der Waals surface area contributed by atoms with Crippen molar-refractivity contribution < 1.29 is 0 Å². The van der Waals surface area contributed by atoms with Gasteiger partial charge in [-0.3, -0.25) is 0 Å². The predicted molar refractivity (Wildman–Crippen MR) is 79.9 cm³/mol. The van der Waals surface area contributed by atoms with Crippen molar-refractivity contribution in [2.75, 3.05) is 0 Å². The summed E-state index contributed by atoms with van der Waals surface area (Å²) in [5.41, 5.74) is 3.47.